The predicted octanol–water partition coefficient (Wildman–Crippen LogP) is 8.32. The van der Waals surface area contributed by atoms with Crippen LogP contribution in [0.4, 0.5) is 26.3 Å². The van der Waals surface area contributed by atoms with Gasteiger partial charge < -0.3 is 0 Å². The van der Waals surface area contributed by atoms with Gasteiger partial charge in [-0.1, -0.05) is 0 Å². The Hall–Kier alpha value is -3.16. The van der Waals surface area contributed by atoms with Crippen molar-refractivity contribution in [3.8, 4) is 0 Å². The molecule has 4 aromatic carbocycles. The zero-order chi connectivity index (χ0) is 30.8. The van der Waals surface area contributed by atoms with Crippen LogP contribution in [-0.2, 0) is 12.4 Å². The van der Waals surface area contributed by atoms with E-state index >= 15 is 0 Å². The van der Waals surface area contributed by atoms with Gasteiger partial charge in [0.25, 0.3) is 0 Å². The van der Waals surface area contributed by atoms with Gasteiger partial charge in [0.2, 0.25) is 0 Å². The minimum atomic E-state index is -5.07. The van der Waals surface area contributed by atoms with Gasteiger partial charge in [-0.15, -0.1) is 0 Å². The van der Waals surface area contributed by atoms with Crippen LogP contribution >= 0.6 is 20.8 Å². The standard InChI is InChI=1S/C32H29BrF6NOP/c1-22(2)29(40-30(41)23-18-24(31(34,35)36)20-25(19-23)32(37,38)39)21-42(33,26-12-6-3-7-13-26,27-14-8-4-9-15-27)28-16-10-5-11-17-28/h3-20,22,29H,21H2,1-2H3,(H,40,41)/t29-/m1/s1. The monoisotopic (exact) mass is 667 g/mol. The molecule has 0 aliphatic heterocycles. The first-order valence-electron chi connectivity index (χ1n) is 13.1. The van der Waals surface area contributed by atoms with Gasteiger partial charge in [-0.25, -0.2) is 0 Å². The molecule has 0 radical (unpaired) electrons. The molecule has 4 rings (SSSR count). The topological polar surface area (TPSA) is 29.1 Å². The van der Waals surface area contributed by atoms with E-state index in [1.807, 2.05) is 105 Å². The van der Waals surface area contributed by atoms with Crippen molar-refractivity contribution >= 4 is 42.6 Å². The molecule has 42 heavy (non-hydrogen) atoms. The average molecular weight is 668 g/mol. The number of benzene rings is 4. The minimum absolute atomic E-state index is 0.0158. The van der Waals surface area contributed by atoms with E-state index in [-0.39, 0.29) is 12.0 Å². The molecule has 0 heterocycles. The predicted molar refractivity (Wildman–Crippen MR) is 161 cm³/mol. The molecule has 10 heteroatoms. The molecule has 2 nitrogen and oxygen atoms in total. The number of amides is 1. The van der Waals surface area contributed by atoms with Gasteiger partial charge in [-0.3, -0.25) is 0 Å². The third-order valence-electron chi connectivity index (χ3n) is 7.39. The van der Waals surface area contributed by atoms with Crippen LogP contribution in [0.1, 0.15) is 35.3 Å². The van der Waals surface area contributed by atoms with Crippen molar-refractivity contribution in [2.75, 3.05) is 6.16 Å². The molecular weight excluding hydrogens is 639 g/mol. The molecule has 0 saturated carbocycles. The van der Waals surface area contributed by atoms with Crippen molar-refractivity contribution in [2.45, 2.75) is 32.2 Å². The molecule has 1 atom stereocenters. The fourth-order valence-corrected chi connectivity index (χ4v) is 13.3. The van der Waals surface area contributed by atoms with E-state index in [0.29, 0.717) is 18.3 Å². The Morgan fingerprint density at radius 3 is 1.36 bits per heavy atom. The van der Waals surface area contributed by atoms with E-state index in [4.69, 9.17) is 0 Å². The Morgan fingerprint density at radius 2 is 1.05 bits per heavy atom. The maximum absolute atomic E-state index is 13.5. The third kappa shape index (κ3) is 6.28. The summed E-state index contributed by atoms with van der Waals surface area (Å²) < 4.78 is 81.2. The molecule has 0 aliphatic rings. The number of alkyl halides is 6. The fourth-order valence-electron chi connectivity index (χ4n) is 5.11. The van der Waals surface area contributed by atoms with Crippen molar-refractivity contribution in [2.24, 2.45) is 5.92 Å². The molecule has 1 N–H and O–H groups in total. The van der Waals surface area contributed by atoms with E-state index in [9.17, 15) is 31.1 Å². The summed E-state index contributed by atoms with van der Waals surface area (Å²) in [4.78, 5) is 13.5. The molecular formula is C32H29BrF6NOP. The third-order valence-corrected chi connectivity index (χ3v) is 17.2. The second-order valence-electron chi connectivity index (χ2n) is 10.5. The Morgan fingerprint density at radius 1 is 0.690 bits per heavy atom. The average Bonchev–Trinajstić information content (AvgIpc) is 2.97. The zero-order valence-electron chi connectivity index (χ0n) is 22.8. The van der Waals surface area contributed by atoms with E-state index in [1.54, 1.807) is 0 Å². The second kappa shape index (κ2) is 11.8. The second-order valence-corrected chi connectivity index (χ2v) is 19.5. The molecule has 0 saturated heterocycles. The van der Waals surface area contributed by atoms with Gasteiger partial charge in [-0.05, 0) is 0 Å². The SMILES string of the molecule is CC(C)[C@@H](CP(Br)(c1ccccc1)(c1ccccc1)c1ccccc1)NC(=O)c1cc(C(F)(F)F)cc(C(F)(F)F)c1. The van der Waals surface area contributed by atoms with Crippen LogP contribution in [0, 0.1) is 5.92 Å². The normalized spacial score (nSPS) is 14.2. The summed E-state index contributed by atoms with van der Waals surface area (Å²) in [5.41, 5.74) is -3.79. The number of carbonyl (C=O) groups excluding carboxylic acids is 1. The van der Waals surface area contributed by atoms with Gasteiger partial charge in [-0.2, -0.15) is 0 Å². The number of halogens is 7. The number of carbonyl (C=O) groups is 1. The molecule has 0 aromatic heterocycles. The first-order chi connectivity index (χ1) is 19.6. The fraction of sp³-hybridized carbons (Fsp3) is 0.219. The van der Waals surface area contributed by atoms with Crippen LogP contribution in [-0.4, -0.2) is 18.1 Å². The summed E-state index contributed by atoms with van der Waals surface area (Å²) in [6.45, 7) is 3.71. The Balaban J connectivity index is 1.88. The summed E-state index contributed by atoms with van der Waals surface area (Å²) in [6.07, 6.45) is -9.83. The van der Waals surface area contributed by atoms with Crippen molar-refractivity contribution in [1.82, 2.24) is 5.32 Å². The van der Waals surface area contributed by atoms with Crippen molar-refractivity contribution in [1.29, 1.82) is 0 Å². The summed E-state index contributed by atoms with van der Waals surface area (Å²) >= 11 is 4.29. The molecule has 0 fully saturated rings. The first kappa shape index (κ1) is 31.8. The number of nitrogens with one attached hydrogen (secondary N) is 1. The molecule has 0 aliphatic carbocycles. The van der Waals surface area contributed by atoms with Crippen molar-refractivity contribution in [3.63, 3.8) is 0 Å². The van der Waals surface area contributed by atoms with Crippen LogP contribution < -0.4 is 21.2 Å². The van der Waals surface area contributed by atoms with Crippen LogP contribution in [0.2, 0.25) is 0 Å². The number of rotatable bonds is 8. The van der Waals surface area contributed by atoms with Crippen LogP contribution in [0.15, 0.2) is 109 Å². The summed E-state index contributed by atoms with van der Waals surface area (Å²) in [7, 11) is 0. The number of hydrogen-bond donors (Lipinski definition) is 1. The maximum atomic E-state index is 13.5. The molecule has 222 valence electrons. The van der Waals surface area contributed by atoms with Gasteiger partial charge in [0.1, 0.15) is 0 Å². The Bertz CT molecular complexity index is 1390. The van der Waals surface area contributed by atoms with E-state index in [1.165, 1.54) is 0 Å². The van der Waals surface area contributed by atoms with Crippen molar-refractivity contribution in [3.05, 3.63) is 126 Å². The zero-order valence-corrected chi connectivity index (χ0v) is 25.2. The molecule has 4 aromatic rings. The molecule has 0 spiro atoms. The first-order valence-corrected chi connectivity index (χ1v) is 17.6. The summed E-state index contributed by atoms with van der Waals surface area (Å²) in [6, 6.07) is 29.4. The van der Waals surface area contributed by atoms with Crippen molar-refractivity contribution < 1.29 is 31.1 Å². The summed E-state index contributed by atoms with van der Waals surface area (Å²) in [5.74, 6) is -1.26. The molecule has 0 unspecified atom stereocenters. The Kier molecular flexibility index (Phi) is 8.96. The number of hydrogen-bond acceptors (Lipinski definition) is 1. The quantitative estimate of drug-likeness (QED) is 0.149. The van der Waals surface area contributed by atoms with Gasteiger partial charge >= 0.3 is 249 Å². The van der Waals surface area contributed by atoms with Gasteiger partial charge in [0, 0.05) is 0 Å². The van der Waals surface area contributed by atoms with Gasteiger partial charge in [0.15, 0.2) is 0 Å². The van der Waals surface area contributed by atoms with E-state index < -0.39 is 46.3 Å². The summed E-state index contributed by atoms with van der Waals surface area (Å²) in [5, 5.41) is 2.09. The Labute approximate surface area is 248 Å². The van der Waals surface area contributed by atoms with E-state index in [0.717, 1.165) is 15.9 Å². The molecule has 0 bridgehead atoms. The van der Waals surface area contributed by atoms with Crippen LogP contribution in [0.3, 0.4) is 0 Å². The molecule has 1 amide bonds. The van der Waals surface area contributed by atoms with Crippen LogP contribution in [0.5, 0.6) is 0 Å². The van der Waals surface area contributed by atoms with Gasteiger partial charge in [0.05, 0.1) is 0 Å². The van der Waals surface area contributed by atoms with Crippen LogP contribution in [0.25, 0.3) is 0 Å². The van der Waals surface area contributed by atoms with E-state index in [2.05, 4.69) is 20.8 Å².